The van der Waals surface area contributed by atoms with Gasteiger partial charge in [-0.15, -0.1) is 0 Å². The summed E-state index contributed by atoms with van der Waals surface area (Å²) in [7, 11) is 0. The summed E-state index contributed by atoms with van der Waals surface area (Å²) in [5, 5.41) is 9.65. The summed E-state index contributed by atoms with van der Waals surface area (Å²) in [6.45, 7) is 6.16. The highest BCUT2D eigenvalue weighted by molar-refractivity contribution is 5.77. The molecule has 20 heavy (non-hydrogen) atoms. The van der Waals surface area contributed by atoms with Gasteiger partial charge in [0.1, 0.15) is 6.61 Å². The molecule has 1 N–H and O–H groups in total. The number of rotatable bonds is 6. The highest BCUT2D eigenvalue weighted by Crippen LogP contribution is 2.20. The van der Waals surface area contributed by atoms with E-state index in [-0.39, 0.29) is 18.6 Å². The van der Waals surface area contributed by atoms with Crippen molar-refractivity contribution in [3.05, 3.63) is 0 Å². The Morgan fingerprint density at radius 3 is 2.50 bits per heavy atom. The largest absolute Gasteiger partial charge is 0.392 e. The summed E-state index contributed by atoms with van der Waals surface area (Å²) in [5.74, 6) is 0.118. The molecule has 1 heterocycles. The average Bonchev–Trinajstić information content (AvgIpc) is 2.98. The van der Waals surface area contributed by atoms with Crippen LogP contribution < -0.4 is 0 Å². The van der Waals surface area contributed by atoms with E-state index in [1.165, 1.54) is 12.8 Å². The van der Waals surface area contributed by atoms with E-state index in [4.69, 9.17) is 4.74 Å². The summed E-state index contributed by atoms with van der Waals surface area (Å²) >= 11 is 0. The van der Waals surface area contributed by atoms with Crippen molar-refractivity contribution in [2.75, 3.05) is 39.3 Å². The van der Waals surface area contributed by atoms with Crippen LogP contribution in [-0.4, -0.2) is 72.4 Å². The number of carbonyl (C=O) groups is 1. The van der Waals surface area contributed by atoms with Crippen LogP contribution in [0.3, 0.4) is 0 Å². The number of hydrogen-bond donors (Lipinski definition) is 1. The van der Waals surface area contributed by atoms with Crippen molar-refractivity contribution in [1.29, 1.82) is 0 Å². The van der Waals surface area contributed by atoms with Crippen molar-refractivity contribution in [1.82, 2.24) is 9.80 Å². The van der Waals surface area contributed by atoms with E-state index < -0.39 is 0 Å². The minimum atomic E-state index is -0.247. The fraction of sp³-hybridized carbons (Fsp3) is 0.933. The Morgan fingerprint density at radius 2 is 1.90 bits per heavy atom. The van der Waals surface area contributed by atoms with Gasteiger partial charge in [-0.05, 0) is 19.3 Å². The first-order valence-corrected chi connectivity index (χ1v) is 7.99. The quantitative estimate of drug-likeness (QED) is 0.786. The monoisotopic (exact) mass is 284 g/mol. The molecule has 0 aromatic carbocycles. The molecular weight excluding hydrogens is 256 g/mol. The number of ether oxygens (including phenoxy) is 1. The molecule has 0 bridgehead atoms. The van der Waals surface area contributed by atoms with E-state index >= 15 is 0 Å². The Balaban J connectivity index is 1.63. The number of aliphatic hydroxyl groups excluding tert-OH is 1. The van der Waals surface area contributed by atoms with Gasteiger partial charge in [0.25, 0.3) is 0 Å². The number of carbonyl (C=O) groups excluding carboxylic acids is 1. The van der Waals surface area contributed by atoms with Crippen molar-refractivity contribution in [2.24, 2.45) is 0 Å². The molecule has 1 amide bonds. The summed E-state index contributed by atoms with van der Waals surface area (Å²) in [4.78, 5) is 16.2. The molecule has 1 atom stereocenters. The minimum absolute atomic E-state index is 0.118. The Hall–Kier alpha value is -0.650. The molecular formula is C15H28N2O3. The normalized spacial score (nSPS) is 23.2. The second-order valence-electron chi connectivity index (χ2n) is 5.96. The van der Waals surface area contributed by atoms with Crippen LogP contribution in [0.15, 0.2) is 0 Å². The number of piperazine rings is 1. The topological polar surface area (TPSA) is 53.0 Å². The Bertz CT molecular complexity index is 297. The predicted octanol–water partition coefficient (Wildman–Crippen LogP) is 0.861. The minimum Gasteiger partial charge on any atom is -0.392 e. The second-order valence-corrected chi connectivity index (χ2v) is 5.96. The zero-order valence-electron chi connectivity index (χ0n) is 12.6. The fourth-order valence-corrected chi connectivity index (χ4v) is 2.94. The Kier molecular flexibility index (Phi) is 6.26. The predicted molar refractivity (Wildman–Crippen MR) is 77.5 cm³/mol. The SMILES string of the molecule is CC[C@@H](O)CN1CCN(C(=O)COC2CCCC2)CC1. The average molecular weight is 284 g/mol. The smallest absolute Gasteiger partial charge is 0.248 e. The molecule has 0 spiro atoms. The van der Waals surface area contributed by atoms with Gasteiger partial charge in [-0.3, -0.25) is 9.69 Å². The van der Waals surface area contributed by atoms with Crippen LogP contribution in [0.5, 0.6) is 0 Å². The molecule has 1 saturated carbocycles. The van der Waals surface area contributed by atoms with Crippen molar-refractivity contribution in [3.8, 4) is 0 Å². The third-order valence-electron chi connectivity index (χ3n) is 4.41. The van der Waals surface area contributed by atoms with Gasteiger partial charge in [0.05, 0.1) is 12.2 Å². The molecule has 0 aromatic heterocycles. The third kappa shape index (κ3) is 4.72. The molecule has 2 rings (SSSR count). The van der Waals surface area contributed by atoms with Gasteiger partial charge in [-0.2, -0.15) is 0 Å². The van der Waals surface area contributed by atoms with Crippen molar-refractivity contribution in [2.45, 2.75) is 51.2 Å². The summed E-state index contributed by atoms with van der Waals surface area (Å²) in [6.07, 6.45) is 5.53. The maximum absolute atomic E-state index is 12.1. The second kappa shape index (κ2) is 7.96. The first-order valence-electron chi connectivity index (χ1n) is 7.99. The number of β-amino-alcohol motifs (C(OH)–C–C–N with tert-alkyl or cyclic N) is 1. The van der Waals surface area contributed by atoms with E-state index in [0.717, 1.165) is 52.0 Å². The van der Waals surface area contributed by atoms with E-state index in [0.29, 0.717) is 6.10 Å². The van der Waals surface area contributed by atoms with Gasteiger partial charge in [-0.25, -0.2) is 0 Å². The van der Waals surface area contributed by atoms with Crippen LogP contribution in [0.1, 0.15) is 39.0 Å². The zero-order valence-corrected chi connectivity index (χ0v) is 12.6. The first kappa shape index (κ1) is 15.7. The van der Waals surface area contributed by atoms with Gasteiger partial charge in [-0.1, -0.05) is 19.8 Å². The highest BCUT2D eigenvalue weighted by atomic mass is 16.5. The van der Waals surface area contributed by atoms with Crippen LogP contribution in [0.4, 0.5) is 0 Å². The van der Waals surface area contributed by atoms with Gasteiger partial charge >= 0.3 is 0 Å². The van der Waals surface area contributed by atoms with E-state index in [9.17, 15) is 9.90 Å². The van der Waals surface area contributed by atoms with Crippen LogP contribution in [0.2, 0.25) is 0 Å². The maximum Gasteiger partial charge on any atom is 0.248 e. The Morgan fingerprint density at radius 1 is 1.25 bits per heavy atom. The van der Waals surface area contributed by atoms with Gasteiger partial charge in [0, 0.05) is 32.7 Å². The number of amides is 1. The van der Waals surface area contributed by atoms with Crippen molar-refractivity contribution < 1.29 is 14.6 Å². The molecule has 1 aliphatic heterocycles. The number of hydrogen-bond acceptors (Lipinski definition) is 4. The van der Waals surface area contributed by atoms with Gasteiger partial charge < -0.3 is 14.7 Å². The van der Waals surface area contributed by atoms with E-state index in [1.807, 2.05) is 11.8 Å². The summed E-state index contributed by atoms with van der Waals surface area (Å²) in [6, 6.07) is 0. The molecule has 1 saturated heterocycles. The zero-order chi connectivity index (χ0) is 14.4. The molecule has 0 aromatic rings. The lowest BCUT2D eigenvalue weighted by Crippen LogP contribution is -2.51. The maximum atomic E-state index is 12.1. The standard InChI is InChI=1S/C15H28N2O3/c1-2-13(18)11-16-7-9-17(10-8-16)15(19)12-20-14-5-3-4-6-14/h13-14,18H,2-12H2,1H3/t13-/m1/s1. The van der Waals surface area contributed by atoms with Crippen molar-refractivity contribution in [3.63, 3.8) is 0 Å². The van der Waals surface area contributed by atoms with Crippen LogP contribution >= 0.6 is 0 Å². The van der Waals surface area contributed by atoms with Crippen LogP contribution in [0, 0.1) is 0 Å². The van der Waals surface area contributed by atoms with Crippen molar-refractivity contribution >= 4 is 5.91 Å². The van der Waals surface area contributed by atoms with Crippen LogP contribution in [0.25, 0.3) is 0 Å². The Labute approximate surface area is 121 Å². The first-order chi connectivity index (χ1) is 9.69. The highest BCUT2D eigenvalue weighted by Gasteiger charge is 2.23. The van der Waals surface area contributed by atoms with Gasteiger partial charge in [0.15, 0.2) is 0 Å². The molecule has 116 valence electrons. The van der Waals surface area contributed by atoms with E-state index in [2.05, 4.69) is 4.90 Å². The molecule has 2 aliphatic rings. The van der Waals surface area contributed by atoms with E-state index in [1.54, 1.807) is 0 Å². The molecule has 5 heteroatoms. The van der Waals surface area contributed by atoms with Crippen LogP contribution in [-0.2, 0) is 9.53 Å². The molecule has 0 unspecified atom stereocenters. The summed E-state index contributed by atoms with van der Waals surface area (Å²) in [5.41, 5.74) is 0. The van der Waals surface area contributed by atoms with Gasteiger partial charge in [0.2, 0.25) is 5.91 Å². The third-order valence-corrected chi connectivity index (χ3v) is 4.41. The number of aliphatic hydroxyl groups is 1. The molecule has 0 radical (unpaired) electrons. The molecule has 5 nitrogen and oxygen atoms in total. The molecule has 2 fully saturated rings. The lowest BCUT2D eigenvalue weighted by molar-refractivity contribution is -0.140. The summed E-state index contributed by atoms with van der Waals surface area (Å²) < 4.78 is 5.68. The fourth-order valence-electron chi connectivity index (χ4n) is 2.94. The molecule has 1 aliphatic carbocycles. The lowest BCUT2D eigenvalue weighted by Gasteiger charge is -2.35. The lowest BCUT2D eigenvalue weighted by atomic mass is 10.2. The number of nitrogens with zero attached hydrogens (tertiary/aromatic N) is 2.